The van der Waals surface area contributed by atoms with Crippen LogP contribution in [0.2, 0.25) is 0 Å². The fourth-order valence-electron chi connectivity index (χ4n) is 7.71. The molecular weight excluding hydrogens is 616 g/mol. The highest BCUT2D eigenvalue weighted by molar-refractivity contribution is 6.03. The predicted molar refractivity (Wildman–Crippen MR) is 174 cm³/mol. The van der Waals surface area contributed by atoms with E-state index in [1.54, 1.807) is 56.3 Å². The molecule has 2 saturated carbocycles. The lowest BCUT2D eigenvalue weighted by Crippen LogP contribution is -2.55. The molecular formula is C38H42O10. The number of para-hydroxylation sites is 1. The van der Waals surface area contributed by atoms with Crippen LogP contribution in [0, 0.1) is 29.1 Å². The molecule has 5 rings (SSSR count). The number of ether oxygens (including phenoxy) is 4. The number of aromatic hydroxyl groups is 1. The van der Waals surface area contributed by atoms with Crippen LogP contribution in [0.4, 0.5) is 0 Å². The Kier molecular flexibility index (Phi) is 9.41. The molecule has 0 radical (unpaired) electrons. The van der Waals surface area contributed by atoms with Crippen molar-refractivity contribution in [3.63, 3.8) is 0 Å². The Bertz CT molecular complexity index is 1670. The Morgan fingerprint density at radius 1 is 0.896 bits per heavy atom. The maximum atomic E-state index is 14.7. The minimum atomic E-state index is -1.93. The first-order chi connectivity index (χ1) is 22.6. The number of fused-ring (bicyclic) bond motifs is 2. The first-order valence-corrected chi connectivity index (χ1v) is 16.1. The number of Topliss-reactive ketones (excluding diaryl/α,β-unsaturated/α-hetero) is 1. The van der Waals surface area contributed by atoms with Gasteiger partial charge in [0.05, 0.1) is 11.5 Å². The minimum absolute atomic E-state index is 0.0428. The summed E-state index contributed by atoms with van der Waals surface area (Å²) in [5.41, 5.74) is -1.57. The highest BCUT2D eigenvalue weighted by Gasteiger charge is 2.66. The quantitative estimate of drug-likeness (QED) is 0.231. The Morgan fingerprint density at radius 2 is 1.54 bits per heavy atom. The highest BCUT2D eigenvalue weighted by atomic mass is 16.6. The average molecular weight is 659 g/mol. The van der Waals surface area contributed by atoms with Crippen molar-refractivity contribution in [2.24, 2.45) is 29.1 Å². The van der Waals surface area contributed by atoms with Crippen LogP contribution < -0.4 is 0 Å². The summed E-state index contributed by atoms with van der Waals surface area (Å²) in [6.07, 6.45) is -1.51. The molecule has 254 valence electrons. The number of ketones is 1. The third kappa shape index (κ3) is 6.40. The van der Waals surface area contributed by atoms with Crippen molar-refractivity contribution in [1.29, 1.82) is 0 Å². The van der Waals surface area contributed by atoms with Crippen LogP contribution in [0.1, 0.15) is 75.1 Å². The van der Waals surface area contributed by atoms with Gasteiger partial charge >= 0.3 is 23.9 Å². The van der Waals surface area contributed by atoms with E-state index in [9.17, 15) is 29.1 Å². The van der Waals surface area contributed by atoms with Gasteiger partial charge in [-0.05, 0) is 66.4 Å². The van der Waals surface area contributed by atoms with Gasteiger partial charge in [0.2, 0.25) is 5.78 Å². The number of esters is 4. The van der Waals surface area contributed by atoms with E-state index in [4.69, 9.17) is 18.9 Å². The van der Waals surface area contributed by atoms with Gasteiger partial charge in [0.15, 0.2) is 5.60 Å². The zero-order valence-corrected chi connectivity index (χ0v) is 28.1. The van der Waals surface area contributed by atoms with E-state index in [1.165, 1.54) is 26.0 Å². The van der Waals surface area contributed by atoms with Crippen LogP contribution in [-0.4, -0.2) is 58.7 Å². The van der Waals surface area contributed by atoms with Gasteiger partial charge in [0.25, 0.3) is 0 Å². The molecule has 0 aromatic heterocycles. The topological polar surface area (TPSA) is 143 Å². The first-order valence-electron chi connectivity index (χ1n) is 16.1. The molecule has 2 aromatic rings. The molecule has 2 aromatic carbocycles. The molecule has 10 nitrogen and oxygen atoms in total. The molecule has 0 amide bonds. The molecule has 8 unspecified atom stereocenters. The second kappa shape index (κ2) is 13.1. The minimum Gasteiger partial charge on any atom is -0.507 e. The molecule has 3 aliphatic carbocycles. The van der Waals surface area contributed by atoms with E-state index >= 15 is 0 Å². The Labute approximate surface area is 280 Å². The fraction of sp³-hybridized carbons (Fsp3) is 0.447. The smallest absolute Gasteiger partial charge is 0.342 e. The van der Waals surface area contributed by atoms with Crippen molar-refractivity contribution in [1.82, 2.24) is 0 Å². The van der Waals surface area contributed by atoms with E-state index in [0.717, 1.165) is 0 Å². The number of phenolic OH excluding ortho intramolecular Hbond substituents is 1. The summed E-state index contributed by atoms with van der Waals surface area (Å²) in [7, 11) is 0. The van der Waals surface area contributed by atoms with Crippen molar-refractivity contribution < 1.29 is 48.0 Å². The summed E-state index contributed by atoms with van der Waals surface area (Å²) in [5, 5.41) is 10.4. The SMILES string of the molecule is C=C1C(OC(=O)c2ccccc2O)CC2C(C=C(C)C(=O)C3(OC(C)=O)CC(C)C(OC(=O)c4ccccc4)C3C1OC(C)=O)C2(C)C. The maximum absolute atomic E-state index is 14.7. The van der Waals surface area contributed by atoms with Crippen molar-refractivity contribution in [2.75, 3.05) is 0 Å². The van der Waals surface area contributed by atoms with Crippen LogP contribution in [0.15, 0.2) is 78.4 Å². The Balaban J connectivity index is 1.69. The van der Waals surface area contributed by atoms with Gasteiger partial charge < -0.3 is 24.1 Å². The van der Waals surface area contributed by atoms with E-state index in [1.807, 2.05) is 19.9 Å². The number of rotatable bonds is 6. The lowest BCUT2D eigenvalue weighted by atomic mass is 9.76. The molecule has 8 atom stereocenters. The standard InChI is InChI=1S/C38H42O10/c1-20-17-27-28(37(27,6)7)18-30(46-36(44)26-15-11-12-16-29(26)41)22(3)33(45-23(4)39)31-32(47-35(43)25-13-9-8-10-14-25)21(2)19-38(31,34(20)42)48-24(5)40/h8-17,21,27-28,30-33,41H,3,18-19H2,1-2,4-7H3. The summed E-state index contributed by atoms with van der Waals surface area (Å²) in [5.74, 6) is -5.78. The summed E-state index contributed by atoms with van der Waals surface area (Å²) in [6.45, 7) is 14.2. The van der Waals surface area contributed by atoms with Gasteiger partial charge in [-0.2, -0.15) is 0 Å². The number of hydrogen-bond donors (Lipinski definition) is 1. The molecule has 48 heavy (non-hydrogen) atoms. The Hall–Kier alpha value is -4.73. The lowest BCUT2D eigenvalue weighted by molar-refractivity contribution is -0.179. The summed E-state index contributed by atoms with van der Waals surface area (Å²) < 4.78 is 24.2. The maximum Gasteiger partial charge on any atom is 0.342 e. The third-order valence-corrected chi connectivity index (χ3v) is 10.2. The number of carbonyl (C=O) groups is 5. The zero-order chi connectivity index (χ0) is 35.1. The summed E-state index contributed by atoms with van der Waals surface area (Å²) >= 11 is 0. The summed E-state index contributed by atoms with van der Waals surface area (Å²) in [6, 6.07) is 14.2. The monoisotopic (exact) mass is 658 g/mol. The van der Waals surface area contributed by atoms with Crippen LogP contribution in [-0.2, 0) is 33.3 Å². The van der Waals surface area contributed by atoms with Crippen LogP contribution in [0.25, 0.3) is 0 Å². The molecule has 10 heteroatoms. The van der Waals surface area contributed by atoms with Gasteiger partial charge in [0.1, 0.15) is 29.6 Å². The van der Waals surface area contributed by atoms with Crippen LogP contribution in [0.5, 0.6) is 5.75 Å². The summed E-state index contributed by atoms with van der Waals surface area (Å²) in [4.78, 5) is 67.4. The normalized spacial score (nSPS) is 30.8. The fourth-order valence-corrected chi connectivity index (χ4v) is 7.71. The molecule has 0 bridgehead atoms. The van der Waals surface area contributed by atoms with Crippen molar-refractivity contribution >= 4 is 29.7 Å². The van der Waals surface area contributed by atoms with Gasteiger partial charge in [0, 0.05) is 25.8 Å². The number of hydrogen-bond acceptors (Lipinski definition) is 10. The Morgan fingerprint density at radius 3 is 2.17 bits per heavy atom. The molecule has 0 saturated heterocycles. The molecule has 0 heterocycles. The van der Waals surface area contributed by atoms with E-state index in [-0.39, 0.29) is 52.5 Å². The third-order valence-electron chi connectivity index (χ3n) is 10.2. The van der Waals surface area contributed by atoms with Gasteiger partial charge in [-0.1, -0.05) is 63.8 Å². The van der Waals surface area contributed by atoms with Crippen molar-refractivity contribution in [2.45, 2.75) is 78.3 Å². The number of benzene rings is 2. The predicted octanol–water partition coefficient (Wildman–Crippen LogP) is 5.78. The number of allylic oxidation sites excluding steroid dienone is 1. The second-order valence-electron chi connectivity index (χ2n) is 13.8. The van der Waals surface area contributed by atoms with E-state index in [0.29, 0.717) is 5.57 Å². The second-order valence-corrected chi connectivity index (χ2v) is 13.8. The average Bonchev–Trinajstić information content (AvgIpc) is 3.40. The van der Waals surface area contributed by atoms with Crippen molar-refractivity contribution in [3.05, 3.63) is 89.5 Å². The van der Waals surface area contributed by atoms with Gasteiger partial charge in [-0.25, -0.2) is 9.59 Å². The van der Waals surface area contributed by atoms with Crippen LogP contribution >= 0.6 is 0 Å². The van der Waals surface area contributed by atoms with Crippen molar-refractivity contribution in [3.8, 4) is 5.75 Å². The number of carbonyl (C=O) groups excluding carboxylic acids is 5. The van der Waals surface area contributed by atoms with Crippen LogP contribution in [0.3, 0.4) is 0 Å². The largest absolute Gasteiger partial charge is 0.507 e. The molecule has 2 fully saturated rings. The molecule has 0 aliphatic heterocycles. The number of phenols is 1. The molecule has 0 spiro atoms. The van der Waals surface area contributed by atoms with E-state index in [2.05, 4.69) is 6.58 Å². The van der Waals surface area contributed by atoms with Gasteiger partial charge in [-0.15, -0.1) is 0 Å². The molecule has 3 aliphatic rings. The van der Waals surface area contributed by atoms with E-state index < -0.39 is 65.4 Å². The lowest BCUT2D eigenvalue weighted by Gasteiger charge is -2.40. The first kappa shape index (κ1) is 34.6. The van der Waals surface area contributed by atoms with Gasteiger partial charge in [-0.3, -0.25) is 14.4 Å². The zero-order valence-electron chi connectivity index (χ0n) is 28.1. The highest BCUT2D eigenvalue weighted by Crippen LogP contribution is 2.63. The molecule has 1 N–H and O–H groups in total.